The molecule has 0 radical (unpaired) electrons. The van der Waals surface area contributed by atoms with E-state index in [1.807, 2.05) is 0 Å². The van der Waals surface area contributed by atoms with Gasteiger partial charge in [-0.15, -0.1) is 0 Å². The van der Waals surface area contributed by atoms with Crippen molar-refractivity contribution < 1.29 is 15.0 Å². The molecule has 92 valence electrons. The van der Waals surface area contributed by atoms with Crippen LogP contribution in [0, 0.1) is 0 Å². The number of hydrogen-bond donors (Lipinski definition) is 3. The number of benzene rings is 1. The molecule has 2 rings (SSSR count). The number of aliphatic hydroxyl groups is 1. The number of aromatic hydroxyl groups is 1. The first kappa shape index (κ1) is 11.9. The number of amides is 1. The molecule has 0 aliphatic heterocycles. The molecule has 2 atom stereocenters. The third-order valence-electron chi connectivity index (χ3n) is 3.18. The largest absolute Gasteiger partial charge is 0.508 e. The lowest BCUT2D eigenvalue weighted by Gasteiger charge is -2.28. The Morgan fingerprint density at radius 1 is 1.18 bits per heavy atom. The number of aliphatic hydroxyl groups excluding tert-OH is 1. The number of phenols is 1. The van der Waals surface area contributed by atoms with Crippen LogP contribution in [0.2, 0.25) is 0 Å². The van der Waals surface area contributed by atoms with Crippen molar-refractivity contribution in [2.45, 2.75) is 37.8 Å². The number of rotatable bonds is 2. The van der Waals surface area contributed by atoms with Crippen LogP contribution in [-0.4, -0.2) is 28.3 Å². The minimum absolute atomic E-state index is 0.138. The Balaban J connectivity index is 1.98. The Bertz CT molecular complexity index is 388. The molecule has 4 heteroatoms. The number of nitrogens with one attached hydrogen (secondary N) is 1. The summed E-state index contributed by atoms with van der Waals surface area (Å²) in [5, 5.41) is 21.7. The number of hydrogen-bond acceptors (Lipinski definition) is 3. The smallest absolute Gasteiger partial charge is 0.251 e. The molecule has 17 heavy (non-hydrogen) atoms. The van der Waals surface area contributed by atoms with E-state index in [2.05, 4.69) is 5.32 Å². The van der Waals surface area contributed by atoms with Gasteiger partial charge in [-0.05, 0) is 37.1 Å². The topological polar surface area (TPSA) is 69.6 Å². The normalized spacial score (nSPS) is 24.3. The first-order valence-electron chi connectivity index (χ1n) is 5.95. The summed E-state index contributed by atoms with van der Waals surface area (Å²) in [6.07, 6.45) is 3.19. The molecule has 4 nitrogen and oxygen atoms in total. The minimum atomic E-state index is -0.440. The summed E-state index contributed by atoms with van der Waals surface area (Å²) in [7, 11) is 0. The van der Waals surface area contributed by atoms with Crippen LogP contribution in [0.5, 0.6) is 5.75 Å². The molecule has 0 saturated heterocycles. The van der Waals surface area contributed by atoms with E-state index in [4.69, 9.17) is 5.11 Å². The summed E-state index contributed by atoms with van der Waals surface area (Å²) in [6, 6.07) is 5.95. The Labute approximate surface area is 100 Å². The molecule has 1 aliphatic rings. The SMILES string of the molecule is O=C(NC1CCCCC1O)c1ccc(O)cc1. The molecule has 0 spiro atoms. The van der Waals surface area contributed by atoms with Crippen molar-refractivity contribution in [3.63, 3.8) is 0 Å². The standard InChI is InChI=1S/C13H17NO3/c15-10-7-5-9(6-8-10)13(17)14-11-3-1-2-4-12(11)16/h5-8,11-12,15-16H,1-4H2,(H,14,17). The van der Waals surface area contributed by atoms with Crippen LogP contribution >= 0.6 is 0 Å². The van der Waals surface area contributed by atoms with Crippen LogP contribution in [0.15, 0.2) is 24.3 Å². The van der Waals surface area contributed by atoms with Crippen molar-refractivity contribution in [2.24, 2.45) is 0 Å². The van der Waals surface area contributed by atoms with Crippen molar-refractivity contribution >= 4 is 5.91 Å². The molecule has 0 heterocycles. The molecule has 1 saturated carbocycles. The highest BCUT2D eigenvalue weighted by atomic mass is 16.3. The van der Waals surface area contributed by atoms with Gasteiger partial charge in [0.15, 0.2) is 0 Å². The maximum atomic E-state index is 11.9. The van der Waals surface area contributed by atoms with Gasteiger partial charge in [-0.2, -0.15) is 0 Å². The van der Waals surface area contributed by atoms with Gasteiger partial charge in [-0.25, -0.2) is 0 Å². The van der Waals surface area contributed by atoms with E-state index in [1.165, 1.54) is 12.1 Å². The lowest BCUT2D eigenvalue weighted by atomic mass is 9.92. The molecule has 1 aromatic carbocycles. The fraction of sp³-hybridized carbons (Fsp3) is 0.462. The second kappa shape index (κ2) is 5.19. The average molecular weight is 235 g/mol. The van der Waals surface area contributed by atoms with Crippen LogP contribution < -0.4 is 5.32 Å². The number of carbonyl (C=O) groups is 1. The molecular formula is C13H17NO3. The minimum Gasteiger partial charge on any atom is -0.508 e. The first-order valence-corrected chi connectivity index (χ1v) is 5.95. The van der Waals surface area contributed by atoms with E-state index in [9.17, 15) is 9.90 Å². The van der Waals surface area contributed by atoms with E-state index in [-0.39, 0.29) is 17.7 Å². The number of phenolic OH excluding ortho intramolecular Hbond substituents is 1. The molecule has 0 bridgehead atoms. The van der Waals surface area contributed by atoms with Gasteiger partial charge >= 0.3 is 0 Å². The highest BCUT2D eigenvalue weighted by Gasteiger charge is 2.24. The summed E-state index contributed by atoms with van der Waals surface area (Å²) in [4.78, 5) is 11.9. The maximum absolute atomic E-state index is 11.9. The van der Waals surface area contributed by atoms with Crippen LogP contribution in [0.3, 0.4) is 0 Å². The molecule has 1 aliphatic carbocycles. The van der Waals surface area contributed by atoms with Gasteiger partial charge in [0.1, 0.15) is 5.75 Å². The van der Waals surface area contributed by atoms with Gasteiger partial charge in [-0.3, -0.25) is 4.79 Å². The summed E-state index contributed by atoms with van der Waals surface area (Å²) in [5.41, 5.74) is 0.501. The molecule has 3 N–H and O–H groups in total. The second-order valence-electron chi connectivity index (χ2n) is 4.48. The summed E-state index contributed by atoms with van der Waals surface area (Å²) < 4.78 is 0. The summed E-state index contributed by atoms with van der Waals surface area (Å²) >= 11 is 0. The highest BCUT2D eigenvalue weighted by molar-refractivity contribution is 5.94. The molecular weight excluding hydrogens is 218 g/mol. The van der Waals surface area contributed by atoms with Gasteiger partial charge < -0.3 is 15.5 Å². The Hall–Kier alpha value is -1.55. The molecule has 1 amide bonds. The number of carbonyl (C=O) groups excluding carboxylic acids is 1. The van der Waals surface area contributed by atoms with E-state index in [0.717, 1.165) is 25.7 Å². The predicted octanol–water partition coefficient (Wildman–Crippen LogP) is 1.43. The lowest BCUT2D eigenvalue weighted by molar-refractivity contribution is 0.0717. The monoisotopic (exact) mass is 235 g/mol. The van der Waals surface area contributed by atoms with Gasteiger partial charge in [0, 0.05) is 5.56 Å². The van der Waals surface area contributed by atoms with E-state index < -0.39 is 6.10 Å². The van der Waals surface area contributed by atoms with Gasteiger partial charge in [0.25, 0.3) is 5.91 Å². The third-order valence-corrected chi connectivity index (χ3v) is 3.18. The van der Waals surface area contributed by atoms with Gasteiger partial charge in [0.2, 0.25) is 0 Å². The molecule has 0 aromatic heterocycles. The van der Waals surface area contributed by atoms with Crippen LogP contribution in [0.4, 0.5) is 0 Å². The summed E-state index contributed by atoms with van der Waals surface area (Å²) in [6.45, 7) is 0. The Morgan fingerprint density at radius 2 is 1.82 bits per heavy atom. The molecule has 2 unspecified atom stereocenters. The predicted molar refractivity (Wildman–Crippen MR) is 63.8 cm³/mol. The fourth-order valence-corrected chi connectivity index (χ4v) is 2.14. The van der Waals surface area contributed by atoms with Crippen molar-refractivity contribution in [1.29, 1.82) is 0 Å². The van der Waals surface area contributed by atoms with Crippen LogP contribution in [0.25, 0.3) is 0 Å². The van der Waals surface area contributed by atoms with Crippen molar-refractivity contribution in [3.05, 3.63) is 29.8 Å². The first-order chi connectivity index (χ1) is 8.16. The molecule has 1 aromatic rings. The summed E-state index contributed by atoms with van der Waals surface area (Å²) in [5.74, 6) is -0.0600. The van der Waals surface area contributed by atoms with Crippen LogP contribution in [0.1, 0.15) is 36.0 Å². The van der Waals surface area contributed by atoms with Crippen molar-refractivity contribution in [2.75, 3.05) is 0 Å². The fourth-order valence-electron chi connectivity index (χ4n) is 2.14. The zero-order valence-corrected chi connectivity index (χ0v) is 9.60. The zero-order valence-electron chi connectivity index (χ0n) is 9.60. The van der Waals surface area contributed by atoms with Crippen LogP contribution in [-0.2, 0) is 0 Å². The Morgan fingerprint density at radius 3 is 2.47 bits per heavy atom. The van der Waals surface area contributed by atoms with Gasteiger partial charge in [0.05, 0.1) is 12.1 Å². The quantitative estimate of drug-likeness (QED) is 0.726. The highest BCUT2D eigenvalue weighted by Crippen LogP contribution is 2.19. The van der Waals surface area contributed by atoms with Crippen molar-refractivity contribution in [3.8, 4) is 5.75 Å². The second-order valence-corrected chi connectivity index (χ2v) is 4.48. The lowest BCUT2D eigenvalue weighted by Crippen LogP contribution is -2.45. The Kier molecular flexibility index (Phi) is 3.64. The van der Waals surface area contributed by atoms with E-state index in [0.29, 0.717) is 5.56 Å². The average Bonchev–Trinajstić information content (AvgIpc) is 2.33. The third kappa shape index (κ3) is 2.97. The van der Waals surface area contributed by atoms with Crippen molar-refractivity contribution in [1.82, 2.24) is 5.32 Å². The maximum Gasteiger partial charge on any atom is 0.251 e. The van der Waals surface area contributed by atoms with Gasteiger partial charge in [-0.1, -0.05) is 12.8 Å². The molecule has 1 fully saturated rings. The van der Waals surface area contributed by atoms with E-state index in [1.54, 1.807) is 12.1 Å². The zero-order chi connectivity index (χ0) is 12.3. The van der Waals surface area contributed by atoms with E-state index >= 15 is 0 Å².